The SMILES string of the molecule is O=C(O)[C@H]([C@@H](Br)C(=O)c1ccccc1)[C@H](c1ccccc1)[N+](=O)[O-]. The van der Waals surface area contributed by atoms with Gasteiger partial charge in [0.1, 0.15) is 5.92 Å². The number of Topliss-reactive ketones (excluding diaryl/α,β-unsaturated/α-hetero) is 1. The van der Waals surface area contributed by atoms with Gasteiger partial charge in [0, 0.05) is 16.1 Å². The second-order valence-electron chi connectivity index (χ2n) is 5.14. The molecule has 6 nitrogen and oxygen atoms in total. The van der Waals surface area contributed by atoms with E-state index in [-0.39, 0.29) is 5.56 Å². The zero-order valence-electron chi connectivity index (χ0n) is 12.4. The fraction of sp³-hybridized carbons (Fsp3) is 0.176. The first-order valence-electron chi connectivity index (χ1n) is 7.08. The van der Waals surface area contributed by atoms with Crippen molar-refractivity contribution < 1.29 is 19.6 Å². The van der Waals surface area contributed by atoms with E-state index in [1.807, 2.05) is 0 Å². The molecule has 24 heavy (non-hydrogen) atoms. The van der Waals surface area contributed by atoms with Gasteiger partial charge in [-0.2, -0.15) is 0 Å². The van der Waals surface area contributed by atoms with Gasteiger partial charge < -0.3 is 5.11 Å². The number of alkyl halides is 1. The Hall–Kier alpha value is -2.54. The normalized spacial score (nSPS) is 14.4. The van der Waals surface area contributed by atoms with Crippen molar-refractivity contribution >= 4 is 27.7 Å². The number of hydrogen-bond donors (Lipinski definition) is 1. The summed E-state index contributed by atoms with van der Waals surface area (Å²) in [5.74, 6) is -3.47. The Kier molecular flexibility index (Phi) is 5.81. The first-order chi connectivity index (χ1) is 11.4. The molecule has 2 aromatic carbocycles. The smallest absolute Gasteiger partial charge is 0.315 e. The third-order valence-electron chi connectivity index (χ3n) is 3.62. The highest BCUT2D eigenvalue weighted by Gasteiger charge is 2.46. The largest absolute Gasteiger partial charge is 0.481 e. The van der Waals surface area contributed by atoms with Crippen molar-refractivity contribution in [1.82, 2.24) is 0 Å². The molecule has 2 aromatic rings. The standard InChI is InChI=1S/C17H14BrNO5/c18-14(16(20)12-9-5-2-6-10-12)13(17(21)22)15(19(23)24)11-7-3-1-4-8-11/h1-10,13-15H,(H,21,22)/t13-,14-,15+/m1/s1. The number of nitrogens with zero attached hydrogens (tertiary/aromatic N) is 1. The predicted octanol–water partition coefficient (Wildman–Crippen LogP) is 3.35. The summed E-state index contributed by atoms with van der Waals surface area (Å²) in [5.41, 5.74) is 0.529. The molecule has 7 heteroatoms. The van der Waals surface area contributed by atoms with Crippen LogP contribution in [-0.4, -0.2) is 26.6 Å². The lowest BCUT2D eigenvalue weighted by Gasteiger charge is -2.21. The molecule has 0 amide bonds. The number of hydrogen-bond acceptors (Lipinski definition) is 4. The van der Waals surface area contributed by atoms with Crippen LogP contribution < -0.4 is 0 Å². The van der Waals surface area contributed by atoms with Gasteiger partial charge in [-0.1, -0.05) is 76.6 Å². The van der Waals surface area contributed by atoms with E-state index in [9.17, 15) is 24.8 Å². The van der Waals surface area contributed by atoms with Crippen molar-refractivity contribution in [1.29, 1.82) is 0 Å². The van der Waals surface area contributed by atoms with Crippen molar-refractivity contribution in [3.05, 3.63) is 81.9 Å². The molecule has 0 saturated carbocycles. The van der Waals surface area contributed by atoms with Crippen LogP contribution in [0.15, 0.2) is 60.7 Å². The number of rotatable bonds is 7. The minimum atomic E-state index is -1.55. The van der Waals surface area contributed by atoms with Crippen molar-refractivity contribution in [2.45, 2.75) is 10.9 Å². The molecule has 3 atom stereocenters. The predicted molar refractivity (Wildman–Crippen MR) is 90.8 cm³/mol. The molecule has 0 bridgehead atoms. The topological polar surface area (TPSA) is 97.5 Å². The number of ketones is 1. The van der Waals surface area contributed by atoms with Crippen LogP contribution in [0.2, 0.25) is 0 Å². The summed E-state index contributed by atoms with van der Waals surface area (Å²) in [6, 6.07) is 14.4. The number of nitro groups is 1. The summed E-state index contributed by atoms with van der Waals surface area (Å²) >= 11 is 3.08. The van der Waals surface area contributed by atoms with Crippen LogP contribution in [0.3, 0.4) is 0 Å². The monoisotopic (exact) mass is 391 g/mol. The third kappa shape index (κ3) is 3.86. The molecule has 0 aromatic heterocycles. The van der Waals surface area contributed by atoms with Crippen molar-refractivity contribution in [2.75, 3.05) is 0 Å². The minimum absolute atomic E-state index is 0.236. The first kappa shape index (κ1) is 17.8. The quantitative estimate of drug-likeness (QED) is 0.337. The highest BCUT2D eigenvalue weighted by Crippen LogP contribution is 2.33. The number of carbonyl (C=O) groups excluding carboxylic acids is 1. The van der Waals surface area contributed by atoms with Gasteiger partial charge in [0.25, 0.3) is 6.04 Å². The number of halogens is 1. The maximum Gasteiger partial charge on any atom is 0.315 e. The van der Waals surface area contributed by atoms with Crippen LogP contribution >= 0.6 is 15.9 Å². The molecule has 124 valence electrons. The number of carbonyl (C=O) groups is 2. The lowest BCUT2D eigenvalue weighted by molar-refractivity contribution is -0.536. The zero-order chi connectivity index (χ0) is 17.7. The summed E-state index contributed by atoms with van der Waals surface area (Å²) in [7, 11) is 0. The Labute approximate surface area is 146 Å². The molecule has 2 rings (SSSR count). The molecule has 0 aliphatic rings. The molecule has 0 fully saturated rings. The molecule has 0 aliphatic heterocycles. The van der Waals surface area contributed by atoms with E-state index in [0.717, 1.165) is 0 Å². The lowest BCUT2D eigenvalue weighted by atomic mass is 9.87. The molecule has 0 spiro atoms. The van der Waals surface area contributed by atoms with Gasteiger partial charge in [0.15, 0.2) is 5.78 Å². The second kappa shape index (κ2) is 7.83. The van der Waals surface area contributed by atoms with Crippen molar-refractivity contribution in [3.63, 3.8) is 0 Å². The summed E-state index contributed by atoms with van der Waals surface area (Å²) in [6.07, 6.45) is 0. The molecular weight excluding hydrogens is 378 g/mol. The Balaban J connectivity index is 2.42. The van der Waals surface area contributed by atoms with E-state index in [4.69, 9.17) is 0 Å². The van der Waals surface area contributed by atoms with Gasteiger partial charge in [0.2, 0.25) is 0 Å². The number of aliphatic carboxylic acids is 1. The molecule has 0 radical (unpaired) electrons. The van der Waals surface area contributed by atoms with Crippen LogP contribution in [0.1, 0.15) is 22.0 Å². The van der Waals surface area contributed by atoms with E-state index in [1.54, 1.807) is 48.5 Å². The van der Waals surface area contributed by atoms with E-state index in [2.05, 4.69) is 15.9 Å². The van der Waals surface area contributed by atoms with Crippen molar-refractivity contribution in [2.24, 2.45) is 5.92 Å². The van der Waals surface area contributed by atoms with Gasteiger partial charge >= 0.3 is 5.97 Å². The van der Waals surface area contributed by atoms with Crippen LogP contribution in [0.5, 0.6) is 0 Å². The van der Waals surface area contributed by atoms with E-state index >= 15 is 0 Å². The van der Waals surface area contributed by atoms with E-state index < -0.39 is 33.5 Å². The summed E-state index contributed by atoms with van der Waals surface area (Å²) in [6.45, 7) is 0. The Morgan fingerprint density at radius 1 is 1.00 bits per heavy atom. The maximum atomic E-state index is 12.5. The zero-order valence-corrected chi connectivity index (χ0v) is 14.0. The van der Waals surface area contributed by atoms with E-state index in [1.165, 1.54) is 12.1 Å². The summed E-state index contributed by atoms with van der Waals surface area (Å²) in [4.78, 5) is 33.9. The molecule has 0 saturated heterocycles. The second-order valence-corrected chi connectivity index (χ2v) is 6.12. The Morgan fingerprint density at radius 3 is 1.96 bits per heavy atom. The van der Waals surface area contributed by atoms with Crippen molar-refractivity contribution in [3.8, 4) is 0 Å². The lowest BCUT2D eigenvalue weighted by Crippen LogP contribution is -2.38. The van der Waals surface area contributed by atoms with Crippen LogP contribution in [0.25, 0.3) is 0 Å². The Morgan fingerprint density at radius 2 is 1.50 bits per heavy atom. The number of carboxylic acid groups (broad SMARTS) is 1. The van der Waals surface area contributed by atoms with Gasteiger partial charge in [-0.15, -0.1) is 0 Å². The highest BCUT2D eigenvalue weighted by molar-refractivity contribution is 9.10. The molecule has 0 heterocycles. The fourth-order valence-corrected chi connectivity index (χ4v) is 3.23. The number of benzene rings is 2. The molecule has 0 aliphatic carbocycles. The molecule has 0 unspecified atom stereocenters. The highest BCUT2D eigenvalue weighted by atomic mass is 79.9. The third-order valence-corrected chi connectivity index (χ3v) is 4.60. The van der Waals surface area contributed by atoms with Crippen LogP contribution in [0, 0.1) is 16.0 Å². The van der Waals surface area contributed by atoms with Gasteiger partial charge in [0.05, 0.1) is 4.83 Å². The summed E-state index contributed by atoms with van der Waals surface area (Å²) in [5, 5.41) is 21.1. The Bertz CT molecular complexity index is 735. The van der Waals surface area contributed by atoms with E-state index in [0.29, 0.717) is 5.56 Å². The van der Waals surface area contributed by atoms with Gasteiger partial charge in [-0.25, -0.2) is 0 Å². The average molecular weight is 392 g/mol. The fourth-order valence-electron chi connectivity index (χ4n) is 2.46. The molecular formula is C17H14BrNO5. The molecule has 1 N–H and O–H groups in total. The average Bonchev–Trinajstić information content (AvgIpc) is 2.59. The summed E-state index contributed by atoms with van der Waals surface area (Å²) < 4.78 is 0. The van der Waals surface area contributed by atoms with Gasteiger partial charge in [-0.3, -0.25) is 19.7 Å². The van der Waals surface area contributed by atoms with Crippen LogP contribution in [-0.2, 0) is 4.79 Å². The number of carboxylic acids is 1. The first-order valence-corrected chi connectivity index (χ1v) is 7.99. The van der Waals surface area contributed by atoms with Gasteiger partial charge in [-0.05, 0) is 0 Å². The minimum Gasteiger partial charge on any atom is -0.481 e. The van der Waals surface area contributed by atoms with Crippen LogP contribution in [0.4, 0.5) is 0 Å². The maximum absolute atomic E-state index is 12.5.